The minimum absolute atomic E-state index is 0.0370. The highest BCUT2D eigenvalue weighted by atomic mass is 35.5. The molecule has 0 spiro atoms. The van der Waals surface area contributed by atoms with E-state index in [0.29, 0.717) is 12.8 Å². The van der Waals surface area contributed by atoms with Gasteiger partial charge in [0.15, 0.2) is 0 Å². The maximum absolute atomic E-state index is 11.5. The van der Waals surface area contributed by atoms with E-state index in [4.69, 9.17) is 21.4 Å². The average molecular weight is 425 g/mol. The van der Waals surface area contributed by atoms with Gasteiger partial charge in [0.2, 0.25) is 0 Å². The lowest BCUT2D eigenvalue weighted by Gasteiger charge is -2.24. The largest absolute Gasteiger partial charge is 0.463 e. The number of halogens is 1. The number of esters is 1. The first-order valence-corrected chi connectivity index (χ1v) is 11.7. The van der Waals surface area contributed by atoms with E-state index >= 15 is 0 Å². The number of carbonyl (C=O) groups excluding carboxylic acids is 1. The van der Waals surface area contributed by atoms with Gasteiger partial charge in [0.25, 0.3) is 0 Å². The Morgan fingerprint density at radius 3 is 2.59 bits per heavy atom. The fourth-order valence-electron chi connectivity index (χ4n) is 4.44. The Morgan fingerprint density at radius 1 is 1.14 bits per heavy atom. The molecule has 0 unspecified atom stereocenters. The molecule has 0 radical (unpaired) electrons. The summed E-state index contributed by atoms with van der Waals surface area (Å²) < 4.78 is 4.89. The second-order valence-corrected chi connectivity index (χ2v) is 8.81. The van der Waals surface area contributed by atoms with Crippen LogP contribution in [-0.4, -0.2) is 40.9 Å². The van der Waals surface area contributed by atoms with Crippen molar-refractivity contribution < 1.29 is 19.7 Å². The highest BCUT2D eigenvalue weighted by molar-refractivity contribution is 6.21. The number of benzene rings is 1. The lowest BCUT2D eigenvalue weighted by atomic mass is 9.84. The molecule has 4 atom stereocenters. The smallest absolute Gasteiger partial charge is 0.305 e. The zero-order valence-electron chi connectivity index (χ0n) is 17.7. The van der Waals surface area contributed by atoms with Gasteiger partial charge in [-0.1, -0.05) is 56.9 Å². The Bertz CT molecular complexity index is 589. The predicted molar refractivity (Wildman–Crippen MR) is 117 cm³/mol. The number of ether oxygens (including phenoxy) is 1. The first kappa shape index (κ1) is 24.2. The number of unbranched alkanes of at least 4 members (excludes halogenated alkanes) is 4. The van der Waals surface area contributed by atoms with Crippen molar-refractivity contribution in [2.24, 2.45) is 5.92 Å². The van der Waals surface area contributed by atoms with E-state index in [0.717, 1.165) is 25.7 Å². The third kappa shape index (κ3) is 7.92. The summed E-state index contributed by atoms with van der Waals surface area (Å²) in [5.41, 5.74) is 2.53. The van der Waals surface area contributed by atoms with Gasteiger partial charge < -0.3 is 14.9 Å². The van der Waals surface area contributed by atoms with Gasteiger partial charge in [-0.25, -0.2) is 0 Å². The van der Waals surface area contributed by atoms with Crippen molar-refractivity contribution in [1.29, 1.82) is 0 Å². The summed E-state index contributed by atoms with van der Waals surface area (Å²) in [4.78, 5) is 11.5. The van der Waals surface area contributed by atoms with E-state index in [9.17, 15) is 9.90 Å². The molecule has 2 rings (SSSR count). The van der Waals surface area contributed by atoms with Gasteiger partial charge >= 0.3 is 5.97 Å². The third-order valence-corrected chi connectivity index (χ3v) is 6.52. The summed E-state index contributed by atoms with van der Waals surface area (Å²) in [5.74, 6) is 0.0162. The Labute approximate surface area is 180 Å². The zero-order chi connectivity index (χ0) is 21.1. The molecule has 0 aliphatic heterocycles. The maximum Gasteiger partial charge on any atom is 0.305 e. The van der Waals surface area contributed by atoms with Gasteiger partial charge in [-0.05, 0) is 49.1 Å². The summed E-state index contributed by atoms with van der Waals surface area (Å²) in [7, 11) is 0. The van der Waals surface area contributed by atoms with Gasteiger partial charge in [-0.2, -0.15) is 0 Å². The Kier molecular flexibility index (Phi) is 11.0. The summed E-state index contributed by atoms with van der Waals surface area (Å²) in [6.07, 6.45) is 9.25. The van der Waals surface area contributed by atoms with Crippen LogP contribution in [0.5, 0.6) is 0 Å². The van der Waals surface area contributed by atoms with Gasteiger partial charge in [0.1, 0.15) is 6.61 Å². The summed E-state index contributed by atoms with van der Waals surface area (Å²) in [6, 6.07) is 8.72. The van der Waals surface area contributed by atoms with Gasteiger partial charge in [0.05, 0.1) is 12.7 Å². The molecule has 5 heteroatoms. The van der Waals surface area contributed by atoms with E-state index in [1.165, 1.54) is 36.8 Å². The van der Waals surface area contributed by atoms with E-state index < -0.39 is 6.10 Å². The summed E-state index contributed by atoms with van der Waals surface area (Å²) in [6.45, 7) is 2.15. The lowest BCUT2D eigenvalue weighted by molar-refractivity contribution is -0.144. The van der Waals surface area contributed by atoms with Crippen molar-refractivity contribution in [3.63, 3.8) is 0 Å². The van der Waals surface area contributed by atoms with Crippen LogP contribution in [0, 0.1) is 5.92 Å². The van der Waals surface area contributed by atoms with Crippen LogP contribution in [0.2, 0.25) is 0 Å². The van der Waals surface area contributed by atoms with Crippen LogP contribution >= 0.6 is 11.6 Å². The van der Waals surface area contributed by atoms with Crippen LogP contribution in [0.3, 0.4) is 0 Å². The Balaban J connectivity index is 1.86. The number of aryl methyl sites for hydroxylation is 1. The first-order chi connectivity index (χ1) is 14.1. The molecule has 164 valence electrons. The number of aliphatic hydroxyl groups is 2. The molecule has 0 heterocycles. The molecule has 1 aromatic carbocycles. The summed E-state index contributed by atoms with van der Waals surface area (Å²) >= 11 is 6.58. The molecule has 1 aromatic rings. The van der Waals surface area contributed by atoms with E-state index in [2.05, 4.69) is 31.2 Å². The van der Waals surface area contributed by atoms with Gasteiger partial charge in [-0.3, -0.25) is 4.79 Å². The molecular formula is C24H37ClO4. The highest BCUT2D eigenvalue weighted by Crippen LogP contribution is 2.45. The number of rotatable bonds is 13. The van der Waals surface area contributed by atoms with Crippen molar-refractivity contribution in [1.82, 2.24) is 0 Å². The topological polar surface area (TPSA) is 66.8 Å². The number of hydrogen-bond donors (Lipinski definition) is 2. The van der Waals surface area contributed by atoms with Crippen molar-refractivity contribution in [3.05, 3.63) is 35.4 Å². The highest BCUT2D eigenvalue weighted by Gasteiger charge is 2.41. The molecule has 29 heavy (non-hydrogen) atoms. The average Bonchev–Trinajstić information content (AvgIpc) is 3.00. The number of alkyl halides is 1. The number of hydrogen-bond acceptors (Lipinski definition) is 4. The molecule has 1 fully saturated rings. The predicted octanol–water partition coefficient (Wildman–Crippen LogP) is 4.98. The first-order valence-electron chi connectivity index (χ1n) is 11.2. The normalized spacial score (nSPS) is 24.0. The molecular weight excluding hydrogens is 388 g/mol. The van der Waals surface area contributed by atoms with E-state index in [1.54, 1.807) is 0 Å². The lowest BCUT2D eigenvalue weighted by Crippen LogP contribution is -2.19. The van der Waals surface area contributed by atoms with Crippen LogP contribution in [0.15, 0.2) is 24.3 Å². The van der Waals surface area contributed by atoms with Crippen molar-refractivity contribution in [2.75, 3.05) is 13.2 Å². The number of carbonyl (C=O) groups is 1. The quantitative estimate of drug-likeness (QED) is 0.266. The standard InChI is InChI=1S/C24H37ClO4/c1-2-3-4-5-8-18-11-13-19(14-12-18)24-20(21(25)17-22(24)27)9-6-7-10-23(28)29-16-15-26/h11-14,20-22,24,26-27H,2-10,15-17H2,1H3/t20-,21+,22+,24+/m0/s1. The fraction of sp³-hybridized carbons (Fsp3) is 0.708. The SMILES string of the molecule is CCCCCCc1ccc([C@@H]2[C@@H](CCCCC(=O)OCCO)[C@H](Cl)C[C@H]2O)cc1. The summed E-state index contributed by atoms with van der Waals surface area (Å²) in [5, 5.41) is 19.3. The molecule has 1 aliphatic rings. The van der Waals surface area contributed by atoms with Crippen LogP contribution in [0.25, 0.3) is 0 Å². The molecule has 2 N–H and O–H groups in total. The number of aliphatic hydroxyl groups excluding tert-OH is 2. The molecule has 0 amide bonds. The molecule has 0 aromatic heterocycles. The molecule has 4 nitrogen and oxygen atoms in total. The minimum atomic E-state index is -0.410. The Morgan fingerprint density at radius 2 is 1.90 bits per heavy atom. The Hall–Kier alpha value is -1.10. The van der Waals surface area contributed by atoms with E-state index in [1.807, 2.05) is 0 Å². The zero-order valence-corrected chi connectivity index (χ0v) is 18.4. The minimum Gasteiger partial charge on any atom is -0.463 e. The van der Waals surface area contributed by atoms with Crippen molar-refractivity contribution >= 4 is 17.6 Å². The third-order valence-electron chi connectivity index (χ3n) is 6.01. The van der Waals surface area contributed by atoms with Gasteiger partial charge in [0, 0.05) is 17.7 Å². The van der Waals surface area contributed by atoms with Crippen molar-refractivity contribution in [3.8, 4) is 0 Å². The molecule has 0 saturated heterocycles. The van der Waals surface area contributed by atoms with Crippen LogP contribution < -0.4 is 0 Å². The van der Waals surface area contributed by atoms with Crippen LogP contribution in [-0.2, 0) is 16.0 Å². The van der Waals surface area contributed by atoms with Crippen LogP contribution in [0.1, 0.15) is 81.8 Å². The molecule has 1 saturated carbocycles. The second kappa shape index (κ2) is 13.3. The maximum atomic E-state index is 11.5. The second-order valence-electron chi connectivity index (χ2n) is 8.25. The van der Waals surface area contributed by atoms with Crippen LogP contribution in [0.4, 0.5) is 0 Å². The van der Waals surface area contributed by atoms with Crippen molar-refractivity contribution in [2.45, 2.75) is 88.5 Å². The molecule has 0 bridgehead atoms. The fourth-order valence-corrected chi connectivity index (χ4v) is 4.90. The van der Waals surface area contributed by atoms with Gasteiger partial charge in [-0.15, -0.1) is 11.6 Å². The van der Waals surface area contributed by atoms with E-state index in [-0.39, 0.29) is 36.4 Å². The monoisotopic (exact) mass is 424 g/mol. The molecule has 1 aliphatic carbocycles.